The molecule has 15 heavy (non-hydrogen) atoms. The molecule has 0 aliphatic rings. The van der Waals surface area contributed by atoms with E-state index < -0.39 is 0 Å². The van der Waals surface area contributed by atoms with Crippen molar-refractivity contribution in [1.29, 1.82) is 0 Å². The van der Waals surface area contributed by atoms with E-state index in [1.807, 2.05) is 13.8 Å². The molecule has 3 radical (unpaired) electrons. The molecule has 0 aromatic heterocycles. The lowest BCUT2D eigenvalue weighted by Gasteiger charge is -2.14. The van der Waals surface area contributed by atoms with Crippen LogP contribution in [0.4, 0.5) is 0 Å². The Hall–Kier alpha value is 0.292. The summed E-state index contributed by atoms with van der Waals surface area (Å²) in [6.07, 6.45) is 0.312. The van der Waals surface area contributed by atoms with Gasteiger partial charge in [-0.2, -0.15) is 0 Å². The minimum atomic E-state index is 0. The molecule has 0 aliphatic heterocycles. The molecule has 0 rings (SSSR count). The molecule has 0 heterocycles. The minimum Gasteiger partial charge on any atom is -0.412 e. The van der Waals surface area contributed by atoms with Gasteiger partial charge in [-0.15, -0.1) is 0 Å². The van der Waals surface area contributed by atoms with Crippen molar-refractivity contribution in [2.45, 2.75) is 26.1 Å². The van der Waals surface area contributed by atoms with E-state index in [4.69, 9.17) is 14.2 Å². The average molecular weight is 243 g/mol. The van der Waals surface area contributed by atoms with Crippen LogP contribution >= 0.6 is 0 Å². The average Bonchev–Trinajstić information content (AvgIpc) is 2.01. The molecule has 0 fully saturated rings. The quantitative estimate of drug-likeness (QED) is 0.512. The van der Waals surface area contributed by atoms with Gasteiger partial charge in [0.15, 0.2) is 0 Å². The third-order valence-electron chi connectivity index (χ3n) is 1.42. The Kier molecular flexibility index (Phi) is 38.9. The van der Waals surface area contributed by atoms with Gasteiger partial charge in [0.05, 0.1) is 25.4 Å². The van der Waals surface area contributed by atoms with Gasteiger partial charge in [0.2, 0.25) is 0 Å². The zero-order valence-electron chi connectivity index (χ0n) is 9.87. The third kappa shape index (κ3) is 20.4. The van der Waals surface area contributed by atoms with Crippen molar-refractivity contribution >= 4 is 17.4 Å². The maximum absolute atomic E-state index is 5.39. The lowest BCUT2D eigenvalue weighted by molar-refractivity contribution is -0.0386. The van der Waals surface area contributed by atoms with Crippen molar-refractivity contribution in [1.82, 2.24) is 0 Å². The maximum atomic E-state index is 5.39. The highest BCUT2D eigenvalue weighted by atomic mass is 27.0. The number of ether oxygens (including phenoxy) is 3. The highest BCUT2D eigenvalue weighted by Gasteiger charge is 2.04. The molecule has 0 aromatic rings. The summed E-state index contributed by atoms with van der Waals surface area (Å²) < 4.78 is 15.3. The van der Waals surface area contributed by atoms with Gasteiger partial charge in [0.25, 0.3) is 0 Å². The number of methoxy groups -OCH3 is 2. The fraction of sp³-hybridized carbons (Fsp3) is 1.00. The van der Waals surface area contributed by atoms with Gasteiger partial charge in [0.1, 0.15) is 0 Å². The zero-order valence-corrected chi connectivity index (χ0v) is 11.0. The molecule has 2 unspecified atom stereocenters. The molecule has 0 spiro atoms. The second-order valence-electron chi connectivity index (χ2n) is 2.65. The molecular weight excluding hydrogens is 219 g/mol. The van der Waals surface area contributed by atoms with Crippen LogP contribution < -0.4 is 0 Å². The van der Waals surface area contributed by atoms with Gasteiger partial charge in [-0.05, 0) is 13.8 Å². The molecule has 7 heteroatoms. The van der Waals surface area contributed by atoms with Crippen LogP contribution in [0.15, 0.2) is 0 Å². The first-order chi connectivity index (χ1) is 5.20. The predicted molar refractivity (Wildman–Crippen MR) is 60.4 cm³/mol. The van der Waals surface area contributed by atoms with Crippen molar-refractivity contribution in [3.05, 3.63) is 0 Å². The molecule has 0 saturated heterocycles. The highest BCUT2D eigenvalue weighted by Crippen LogP contribution is 1.95. The van der Waals surface area contributed by atoms with Gasteiger partial charge in [0, 0.05) is 31.6 Å². The van der Waals surface area contributed by atoms with E-state index in [2.05, 4.69) is 0 Å². The van der Waals surface area contributed by atoms with Crippen LogP contribution in [0, 0.1) is 0 Å². The molecule has 6 N–H and O–H groups in total. The van der Waals surface area contributed by atoms with Crippen LogP contribution in [0.3, 0.4) is 0 Å². The van der Waals surface area contributed by atoms with Gasteiger partial charge in [-0.1, -0.05) is 0 Å². The first-order valence-electron chi connectivity index (χ1n) is 3.84. The van der Waals surface area contributed by atoms with Gasteiger partial charge in [-0.3, -0.25) is 0 Å². The summed E-state index contributed by atoms with van der Waals surface area (Å²) in [5.74, 6) is 0. The Labute approximate surface area is 102 Å². The number of hydrogen-bond donors (Lipinski definition) is 0. The van der Waals surface area contributed by atoms with E-state index in [1.54, 1.807) is 14.2 Å². The van der Waals surface area contributed by atoms with Crippen LogP contribution in [-0.2, 0) is 14.2 Å². The molecule has 0 bridgehead atoms. The summed E-state index contributed by atoms with van der Waals surface area (Å²) in [5.41, 5.74) is 0. The van der Waals surface area contributed by atoms with Crippen LogP contribution in [0.25, 0.3) is 0 Å². The second kappa shape index (κ2) is 19.8. The Morgan fingerprint density at radius 1 is 0.867 bits per heavy atom. The van der Waals surface area contributed by atoms with Gasteiger partial charge >= 0.3 is 0 Å². The lowest BCUT2D eigenvalue weighted by Crippen LogP contribution is -2.21. The summed E-state index contributed by atoms with van der Waals surface area (Å²) in [5, 5.41) is 0. The number of rotatable bonds is 6. The molecule has 0 aromatic carbocycles. The zero-order chi connectivity index (χ0) is 8.69. The van der Waals surface area contributed by atoms with Crippen molar-refractivity contribution in [2.75, 3.05) is 27.4 Å². The summed E-state index contributed by atoms with van der Waals surface area (Å²) in [4.78, 5) is 0. The van der Waals surface area contributed by atoms with Crippen LogP contribution in [0.1, 0.15) is 13.8 Å². The van der Waals surface area contributed by atoms with E-state index in [1.165, 1.54) is 0 Å². The van der Waals surface area contributed by atoms with Crippen molar-refractivity contribution in [3.63, 3.8) is 0 Å². The Morgan fingerprint density at radius 3 is 1.67 bits per heavy atom. The summed E-state index contributed by atoms with van der Waals surface area (Å²) in [6.45, 7) is 5.21. The van der Waals surface area contributed by atoms with Gasteiger partial charge in [-0.25, -0.2) is 0 Å². The summed E-state index contributed by atoms with van der Waals surface area (Å²) >= 11 is 0. The summed E-state index contributed by atoms with van der Waals surface area (Å²) in [6, 6.07) is 0. The standard InChI is InChI=1S/C8H18O3.Al.3H2O/c1-7(10-4)6-11-8(2)5-9-3;;;;/h7-8H,5-6H2,1-4H3;;3*1H2. The molecule has 6 nitrogen and oxygen atoms in total. The molecule has 0 amide bonds. The van der Waals surface area contributed by atoms with Crippen LogP contribution in [-0.4, -0.2) is 73.4 Å². The Balaban J connectivity index is -0.0000000833. The first-order valence-corrected chi connectivity index (χ1v) is 3.84. The Bertz CT molecular complexity index is 95.2. The van der Waals surface area contributed by atoms with E-state index in [9.17, 15) is 0 Å². The monoisotopic (exact) mass is 243 g/mol. The van der Waals surface area contributed by atoms with E-state index >= 15 is 0 Å². The topological polar surface area (TPSA) is 122 Å². The smallest absolute Gasteiger partial charge is 0.0781 e. The third-order valence-corrected chi connectivity index (χ3v) is 1.42. The van der Waals surface area contributed by atoms with E-state index in [0.29, 0.717) is 13.2 Å². The SMILES string of the molecule is COCC(C)OCC(C)OC.O.O.O.[Al]. The second-order valence-corrected chi connectivity index (χ2v) is 2.65. The van der Waals surface area contributed by atoms with Crippen molar-refractivity contribution < 1.29 is 30.6 Å². The molecule has 0 saturated carbocycles. The molecular formula is C8H24AlO6. The van der Waals surface area contributed by atoms with Crippen molar-refractivity contribution in [3.8, 4) is 0 Å². The number of hydrogen-bond acceptors (Lipinski definition) is 3. The Morgan fingerprint density at radius 2 is 1.33 bits per heavy atom. The lowest BCUT2D eigenvalue weighted by atomic mass is 10.4. The first kappa shape index (κ1) is 29.5. The summed E-state index contributed by atoms with van der Waals surface area (Å²) in [7, 11) is 3.34. The maximum Gasteiger partial charge on any atom is 0.0781 e. The molecule has 95 valence electrons. The molecule has 0 aliphatic carbocycles. The normalized spacial score (nSPS) is 12.0. The van der Waals surface area contributed by atoms with E-state index in [0.717, 1.165) is 0 Å². The molecule has 2 atom stereocenters. The van der Waals surface area contributed by atoms with Crippen LogP contribution in [0.5, 0.6) is 0 Å². The predicted octanol–water partition coefficient (Wildman–Crippen LogP) is -1.78. The largest absolute Gasteiger partial charge is 0.412 e. The highest BCUT2D eigenvalue weighted by molar-refractivity contribution is 5.75. The van der Waals surface area contributed by atoms with Crippen LogP contribution in [0.2, 0.25) is 0 Å². The minimum absolute atomic E-state index is 0. The van der Waals surface area contributed by atoms with Crippen molar-refractivity contribution in [2.24, 2.45) is 0 Å². The fourth-order valence-electron chi connectivity index (χ4n) is 0.651. The fourth-order valence-corrected chi connectivity index (χ4v) is 0.651. The van der Waals surface area contributed by atoms with E-state index in [-0.39, 0.29) is 46.0 Å². The van der Waals surface area contributed by atoms with Gasteiger partial charge < -0.3 is 30.6 Å².